The molecule has 0 bridgehead atoms. The van der Waals surface area contributed by atoms with Gasteiger partial charge >= 0.3 is 6.03 Å². The summed E-state index contributed by atoms with van der Waals surface area (Å²) in [5.41, 5.74) is 0. The molecule has 3 amide bonds. The number of nitrogens with one attached hydrogen (secondary N) is 2. The molecule has 1 aliphatic carbocycles. The molecule has 2 fully saturated rings. The molecule has 1 aliphatic heterocycles. The van der Waals surface area contributed by atoms with Crippen LogP contribution in [0.15, 0.2) is 22.8 Å². The number of amides is 3. The van der Waals surface area contributed by atoms with Crippen molar-refractivity contribution in [3.05, 3.63) is 22.8 Å². The second-order valence-corrected chi connectivity index (χ2v) is 7.87. The Labute approximate surface area is 162 Å². The fourth-order valence-electron chi connectivity index (χ4n) is 3.53. The van der Waals surface area contributed by atoms with Gasteiger partial charge in [0.2, 0.25) is 5.91 Å². The predicted molar refractivity (Wildman–Crippen MR) is 104 cm³/mol. The van der Waals surface area contributed by atoms with Gasteiger partial charge in [0.05, 0.1) is 6.54 Å². The Morgan fingerprint density at radius 1 is 1.12 bits per heavy atom. The highest BCUT2D eigenvalue weighted by molar-refractivity contribution is 9.10. The zero-order valence-corrected chi connectivity index (χ0v) is 16.5. The summed E-state index contributed by atoms with van der Waals surface area (Å²) in [4.78, 5) is 32.7. The molecular weight excluding hydrogens is 398 g/mol. The Balaban J connectivity index is 1.37. The van der Waals surface area contributed by atoms with E-state index in [9.17, 15) is 9.59 Å². The van der Waals surface area contributed by atoms with E-state index in [-0.39, 0.29) is 24.5 Å². The fraction of sp³-hybridized carbons (Fsp3) is 0.611. The van der Waals surface area contributed by atoms with Crippen molar-refractivity contribution in [2.45, 2.75) is 38.1 Å². The quantitative estimate of drug-likeness (QED) is 0.775. The first kappa shape index (κ1) is 19.1. The number of rotatable bonds is 4. The summed E-state index contributed by atoms with van der Waals surface area (Å²) in [5.74, 6) is 0.706. The van der Waals surface area contributed by atoms with Crippen LogP contribution < -0.4 is 15.5 Å². The lowest BCUT2D eigenvalue weighted by molar-refractivity contribution is -0.121. The number of piperazine rings is 1. The number of halogens is 1. The lowest BCUT2D eigenvalue weighted by atomic mass is 9.96. The zero-order chi connectivity index (χ0) is 18.4. The SMILES string of the molecule is O=C(CN1CCN(c2ccc(Br)cn2)CC1)NC(=O)NC1CCCCC1. The van der Waals surface area contributed by atoms with Crippen molar-refractivity contribution in [2.24, 2.45) is 0 Å². The molecule has 2 heterocycles. The summed E-state index contributed by atoms with van der Waals surface area (Å²) in [6.07, 6.45) is 7.34. The predicted octanol–water partition coefficient (Wildman–Crippen LogP) is 2.12. The summed E-state index contributed by atoms with van der Waals surface area (Å²) >= 11 is 3.39. The normalized spacial score (nSPS) is 19.2. The van der Waals surface area contributed by atoms with E-state index in [2.05, 4.69) is 41.3 Å². The van der Waals surface area contributed by atoms with E-state index in [1.165, 1.54) is 6.42 Å². The number of aromatic nitrogens is 1. The number of nitrogens with zero attached hydrogens (tertiary/aromatic N) is 3. The van der Waals surface area contributed by atoms with Crippen LogP contribution in [0, 0.1) is 0 Å². The number of carbonyl (C=O) groups excluding carboxylic acids is 2. The van der Waals surface area contributed by atoms with Gasteiger partial charge in [0.25, 0.3) is 0 Å². The van der Waals surface area contributed by atoms with Gasteiger partial charge in [-0.15, -0.1) is 0 Å². The summed E-state index contributed by atoms with van der Waals surface area (Å²) in [7, 11) is 0. The van der Waals surface area contributed by atoms with E-state index in [1.807, 2.05) is 12.1 Å². The molecule has 7 nitrogen and oxygen atoms in total. The number of pyridine rings is 1. The third kappa shape index (κ3) is 5.67. The molecule has 1 aromatic rings. The van der Waals surface area contributed by atoms with Crippen molar-refractivity contribution in [3.8, 4) is 0 Å². The highest BCUT2D eigenvalue weighted by Gasteiger charge is 2.21. The van der Waals surface area contributed by atoms with E-state index in [1.54, 1.807) is 6.20 Å². The molecule has 26 heavy (non-hydrogen) atoms. The smallest absolute Gasteiger partial charge is 0.321 e. The molecule has 0 radical (unpaired) electrons. The Kier molecular flexibility index (Phi) is 6.85. The molecule has 8 heteroatoms. The van der Waals surface area contributed by atoms with Gasteiger partial charge in [0.1, 0.15) is 5.82 Å². The lowest BCUT2D eigenvalue weighted by Crippen LogP contribution is -2.52. The maximum Gasteiger partial charge on any atom is 0.321 e. The highest BCUT2D eigenvalue weighted by Crippen LogP contribution is 2.17. The molecule has 2 N–H and O–H groups in total. The zero-order valence-electron chi connectivity index (χ0n) is 14.9. The third-order valence-electron chi connectivity index (χ3n) is 4.97. The molecule has 2 aliphatic rings. The number of hydrogen-bond acceptors (Lipinski definition) is 5. The molecule has 142 valence electrons. The summed E-state index contributed by atoms with van der Waals surface area (Å²) in [6, 6.07) is 3.81. The van der Waals surface area contributed by atoms with Gasteiger partial charge in [0, 0.05) is 42.9 Å². The minimum atomic E-state index is -0.361. The second kappa shape index (κ2) is 9.32. The van der Waals surface area contributed by atoms with E-state index in [0.717, 1.165) is 62.2 Å². The van der Waals surface area contributed by atoms with Crippen LogP contribution in [0.25, 0.3) is 0 Å². The Bertz CT molecular complexity index is 611. The number of urea groups is 1. The Morgan fingerprint density at radius 2 is 1.85 bits per heavy atom. The second-order valence-electron chi connectivity index (χ2n) is 6.95. The molecule has 1 aromatic heterocycles. The van der Waals surface area contributed by atoms with Crippen molar-refractivity contribution >= 4 is 33.7 Å². The molecule has 1 saturated heterocycles. The summed E-state index contributed by atoms with van der Waals surface area (Å²) in [5, 5.41) is 5.37. The largest absolute Gasteiger partial charge is 0.354 e. The van der Waals surface area contributed by atoms with Gasteiger partial charge in [-0.1, -0.05) is 19.3 Å². The van der Waals surface area contributed by atoms with Crippen LogP contribution in [0.1, 0.15) is 32.1 Å². The van der Waals surface area contributed by atoms with Crippen LogP contribution in [0.2, 0.25) is 0 Å². The van der Waals surface area contributed by atoms with Gasteiger partial charge in [-0.3, -0.25) is 15.0 Å². The van der Waals surface area contributed by atoms with Crippen LogP contribution in [0.3, 0.4) is 0 Å². The molecule has 0 spiro atoms. The van der Waals surface area contributed by atoms with E-state index >= 15 is 0 Å². The Morgan fingerprint density at radius 3 is 2.50 bits per heavy atom. The first-order chi connectivity index (χ1) is 12.6. The number of carbonyl (C=O) groups is 2. The average molecular weight is 424 g/mol. The van der Waals surface area contributed by atoms with Crippen LogP contribution in [-0.4, -0.2) is 60.6 Å². The molecular formula is C18H26BrN5O2. The number of hydrogen-bond donors (Lipinski definition) is 2. The summed E-state index contributed by atoms with van der Waals surface area (Å²) < 4.78 is 0.961. The minimum absolute atomic E-state index is 0.207. The van der Waals surface area contributed by atoms with Crippen LogP contribution in [0.4, 0.5) is 10.6 Å². The van der Waals surface area contributed by atoms with Crippen LogP contribution >= 0.6 is 15.9 Å². The lowest BCUT2D eigenvalue weighted by Gasteiger charge is -2.35. The van der Waals surface area contributed by atoms with Gasteiger partial charge in [-0.2, -0.15) is 0 Å². The van der Waals surface area contributed by atoms with Gasteiger partial charge < -0.3 is 10.2 Å². The van der Waals surface area contributed by atoms with E-state index in [4.69, 9.17) is 0 Å². The van der Waals surface area contributed by atoms with Crippen LogP contribution in [0.5, 0.6) is 0 Å². The first-order valence-corrected chi connectivity index (χ1v) is 10.1. The first-order valence-electron chi connectivity index (χ1n) is 9.29. The number of anilines is 1. The van der Waals surface area contributed by atoms with Crippen molar-refractivity contribution in [2.75, 3.05) is 37.6 Å². The maximum atomic E-state index is 12.1. The fourth-order valence-corrected chi connectivity index (χ4v) is 3.76. The van der Waals surface area contributed by atoms with Crippen molar-refractivity contribution in [3.63, 3.8) is 0 Å². The standard InChI is InChI=1S/C18H26BrN5O2/c19-14-6-7-16(20-12-14)24-10-8-23(9-11-24)13-17(25)22-18(26)21-15-4-2-1-3-5-15/h6-7,12,15H,1-5,8-11,13H2,(H2,21,22,25,26). The van der Waals surface area contributed by atoms with Crippen molar-refractivity contribution in [1.82, 2.24) is 20.5 Å². The average Bonchev–Trinajstić information content (AvgIpc) is 2.64. The third-order valence-corrected chi connectivity index (χ3v) is 5.44. The van der Waals surface area contributed by atoms with Gasteiger partial charge in [0.15, 0.2) is 0 Å². The van der Waals surface area contributed by atoms with Crippen LogP contribution in [-0.2, 0) is 4.79 Å². The van der Waals surface area contributed by atoms with Gasteiger partial charge in [-0.25, -0.2) is 9.78 Å². The monoisotopic (exact) mass is 423 g/mol. The molecule has 3 rings (SSSR count). The van der Waals surface area contributed by atoms with Gasteiger partial charge in [-0.05, 0) is 40.9 Å². The van der Waals surface area contributed by atoms with Crippen molar-refractivity contribution < 1.29 is 9.59 Å². The maximum absolute atomic E-state index is 12.1. The Hall–Kier alpha value is -1.67. The minimum Gasteiger partial charge on any atom is -0.354 e. The van der Waals surface area contributed by atoms with Crippen molar-refractivity contribution in [1.29, 1.82) is 0 Å². The topological polar surface area (TPSA) is 77.6 Å². The number of imide groups is 1. The summed E-state index contributed by atoms with van der Waals surface area (Å²) in [6.45, 7) is 3.43. The van der Waals surface area contributed by atoms with E-state index in [0.29, 0.717) is 0 Å². The van der Waals surface area contributed by atoms with E-state index < -0.39 is 0 Å². The molecule has 0 unspecified atom stereocenters. The highest BCUT2D eigenvalue weighted by atomic mass is 79.9. The molecule has 1 saturated carbocycles. The molecule has 0 aromatic carbocycles. The molecule has 0 atom stereocenters.